The molecule has 8 nitrogen and oxygen atoms in total. The number of carbonyl (C=O) groups is 1. The number of anilines is 1. The number of hydrogen-bond donors (Lipinski definition) is 2. The van der Waals surface area contributed by atoms with Crippen LogP contribution in [-0.2, 0) is 24.8 Å². The molecule has 1 amide bonds. The molecule has 9 heteroatoms. The third-order valence-corrected chi connectivity index (χ3v) is 7.39. The van der Waals surface area contributed by atoms with E-state index in [1.54, 1.807) is 13.8 Å². The summed E-state index contributed by atoms with van der Waals surface area (Å²) in [6.45, 7) is 6.69. The van der Waals surface area contributed by atoms with E-state index in [1.165, 1.54) is 19.9 Å². The van der Waals surface area contributed by atoms with Crippen molar-refractivity contribution in [2.75, 3.05) is 24.3 Å². The van der Waals surface area contributed by atoms with Gasteiger partial charge in [-0.25, -0.2) is 8.42 Å². The molecule has 0 aliphatic carbocycles. The molecule has 1 fully saturated rings. The van der Waals surface area contributed by atoms with Crippen molar-refractivity contribution in [3.05, 3.63) is 11.8 Å². The van der Waals surface area contributed by atoms with E-state index >= 15 is 0 Å². The Morgan fingerprint density at radius 3 is 2.62 bits per heavy atom. The summed E-state index contributed by atoms with van der Waals surface area (Å²) in [4.78, 5) is 12.6. The van der Waals surface area contributed by atoms with Gasteiger partial charge in [0.05, 0.1) is 24.2 Å². The minimum Gasteiger partial charge on any atom is -0.395 e. The van der Waals surface area contributed by atoms with Crippen molar-refractivity contribution in [2.45, 2.75) is 63.2 Å². The van der Waals surface area contributed by atoms with Gasteiger partial charge >= 0.3 is 0 Å². The first-order valence-electron chi connectivity index (χ1n) is 8.73. The Kier molecular flexibility index (Phi) is 6.14. The van der Waals surface area contributed by atoms with Gasteiger partial charge in [0.2, 0.25) is 11.8 Å². The molecule has 1 saturated heterocycles. The minimum absolute atomic E-state index is 0.0451. The lowest BCUT2D eigenvalue weighted by molar-refractivity contribution is -0.118. The number of amides is 1. The van der Waals surface area contributed by atoms with Crippen LogP contribution in [0.1, 0.15) is 52.7 Å². The van der Waals surface area contributed by atoms with E-state index in [9.17, 15) is 18.3 Å². The van der Waals surface area contributed by atoms with E-state index in [-0.39, 0.29) is 24.3 Å². The summed E-state index contributed by atoms with van der Waals surface area (Å²) < 4.78 is 34.4. The molecule has 0 bridgehead atoms. The van der Waals surface area contributed by atoms with Gasteiger partial charge in [-0.15, -0.1) is 0 Å². The Hall–Kier alpha value is -1.45. The third kappa shape index (κ3) is 4.44. The van der Waals surface area contributed by atoms with Crippen molar-refractivity contribution in [1.29, 1.82) is 0 Å². The molecule has 2 heterocycles. The molecule has 1 aromatic rings. The van der Waals surface area contributed by atoms with E-state index < -0.39 is 25.9 Å². The molecule has 2 N–H and O–H groups in total. The molecular formula is C17H28N2O6S. The number of hydrogen-bond acceptors (Lipinski definition) is 7. The first-order chi connectivity index (χ1) is 12.0. The SMILES string of the molecule is CC(C)(CO)c1cc(NC(=O)C(C)(C)S(=O)(=O)C[C@@H]2CCCCO2)on1. The van der Waals surface area contributed by atoms with Gasteiger partial charge < -0.3 is 14.4 Å². The lowest BCUT2D eigenvalue weighted by Crippen LogP contribution is -2.48. The molecule has 1 atom stereocenters. The Bertz CT molecular complexity index is 732. The van der Waals surface area contributed by atoms with Crippen molar-refractivity contribution >= 4 is 21.6 Å². The van der Waals surface area contributed by atoms with E-state index in [0.717, 1.165) is 12.8 Å². The van der Waals surface area contributed by atoms with Crippen LogP contribution < -0.4 is 5.32 Å². The molecule has 26 heavy (non-hydrogen) atoms. The van der Waals surface area contributed by atoms with Crippen LogP contribution in [-0.4, -0.2) is 54.4 Å². The predicted molar refractivity (Wildman–Crippen MR) is 96.7 cm³/mol. The van der Waals surface area contributed by atoms with Crippen LogP contribution in [0.25, 0.3) is 0 Å². The molecule has 148 valence electrons. The number of carbonyl (C=O) groups excluding carboxylic acids is 1. The van der Waals surface area contributed by atoms with Crippen molar-refractivity contribution in [1.82, 2.24) is 5.16 Å². The van der Waals surface area contributed by atoms with Crippen LogP contribution in [0.15, 0.2) is 10.6 Å². The molecular weight excluding hydrogens is 360 g/mol. The molecule has 0 saturated carbocycles. The van der Waals surface area contributed by atoms with Crippen LogP contribution >= 0.6 is 0 Å². The van der Waals surface area contributed by atoms with E-state index in [2.05, 4.69) is 10.5 Å². The lowest BCUT2D eigenvalue weighted by atomic mass is 9.91. The highest BCUT2D eigenvalue weighted by atomic mass is 32.2. The number of aliphatic hydroxyl groups excluding tert-OH is 1. The summed E-state index contributed by atoms with van der Waals surface area (Å²) in [5.41, 5.74) is -0.168. The normalized spacial score (nSPS) is 19.3. The van der Waals surface area contributed by atoms with Gasteiger partial charge in [0.25, 0.3) is 0 Å². The summed E-state index contributed by atoms with van der Waals surface area (Å²) in [6, 6.07) is 1.49. The summed E-state index contributed by atoms with van der Waals surface area (Å²) in [5, 5.41) is 15.7. The highest BCUT2D eigenvalue weighted by molar-refractivity contribution is 7.93. The second kappa shape index (κ2) is 7.66. The fourth-order valence-corrected chi connectivity index (χ4v) is 4.03. The molecule has 1 aliphatic rings. The van der Waals surface area contributed by atoms with Gasteiger partial charge in [-0.3, -0.25) is 10.1 Å². The second-order valence-corrected chi connectivity index (χ2v) is 10.4. The summed E-state index contributed by atoms with van der Waals surface area (Å²) >= 11 is 0. The molecule has 0 unspecified atom stereocenters. The predicted octanol–water partition coefficient (Wildman–Crippen LogP) is 1.65. The number of rotatable bonds is 7. The van der Waals surface area contributed by atoms with Crippen LogP contribution in [0.3, 0.4) is 0 Å². The van der Waals surface area contributed by atoms with Gasteiger partial charge in [0.1, 0.15) is 4.75 Å². The zero-order chi connectivity index (χ0) is 19.6. The quantitative estimate of drug-likeness (QED) is 0.729. The van der Waals surface area contributed by atoms with E-state index in [0.29, 0.717) is 18.7 Å². The fourth-order valence-electron chi connectivity index (χ4n) is 2.53. The van der Waals surface area contributed by atoms with E-state index in [1.807, 2.05) is 0 Å². The van der Waals surface area contributed by atoms with Crippen LogP contribution in [0.2, 0.25) is 0 Å². The zero-order valence-corrected chi connectivity index (χ0v) is 16.6. The number of nitrogens with one attached hydrogen (secondary N) is 1. The maximum Gasteiger partial charge on any atom is 0.247 e. The van der Waals surface area contributed by atoms with E-state index in [4.69, 9.17) is 9.26 Å². The van der Waals surface area contributed by atoms with Gasteiger partial charge in [-0.2, -0.15) is 0 Å². The second-order valence-electron chi connectivity index (χ2n) is 7.85. The summed E-state index contributed by atoms with van der Waals surface area (Å²) in [6.07, 6.45) is 2.16. The number of aliphatic hydroxyl groups is 1. The smallest absolute Gasteiger partial charge is 0.247 e. The van der Waals surface area contributed by atoms with Gasteiger partial charge in [0, 0.05) is 18.1 Å². The van der Waals surface area contributed by atoms with Crippen LogP contribution in [0.5, 0.6) is 0 Å². The summed E-state index contributed by atoms with van der Waals surface area (Å²) in [5.74, 6) is -0.839. The number of sulfone groups is 1. The van der Waals surface area contributed by atoms with Crippen LogP contribution in [0.4, 0.5) is 5.88 Å². The van der Waals surface area contributed by atoms with Gasteiger partial charge in [-0.1, -0.05) is 19.0 Å². The molecule has 0 spiro atoms. The first kappa shape index (κ1) is 20.9. The Morgan fingerprint density at radius 2 is 2.04 bits per heavy atom. The number of ether oxygens (including phenoxy) is 1. The standard InChI is InChI=1S/C17H28N2O6S/c1-16(2,11-20)13-9-14(25-19-13)18-15(21)17(3,4)26(22,23)10-12-7-5-6-8-24-12/h9,12,20H,5-8,10-11H2,1-4H3,(H,18,21)/t12-/m0/s1. The Morgan fingerprint density at radius 1 is 1.35 bits per heavy atom. The Balaban J connectivity index is 2.09. The molecule has 1 aliphatic heterocycles. The third-order valence-electron chi connectivity index (χ3n) is 4.84. The largest absolute Gasteiger partial charge is 0.395 e. The molecule has 0 radical (unpaired) electrons. The van der Waals surface area contributed by atoms with Crippen molar-refractivity contribution in [3.63, 3.8) is 0 Å². The molecule has 2 rings (SSSR count). The fraction of sp³-hybridized carbons (Fsp3) is 0.765. The molecule has 0 aromatic carbocycles. The average molecular weight is 388 g/mol. The highest BCUT2D eigenvalue weighted by Crippen LogP contribution is 2.27. The van der Waals surface area contributed by atoms with Crippen molar-refractivity contribution in [3.8, 4) is 0 Å². The highest BCUT2D eigenvalue weighted by Gasteiger charge is 2.43. The van der Waals surface area contributed by atoms with Gasteiger partial charge in [-0.05, 0) is 33.1 Å². The maximum atomic E-state index is 12.7. The lowest BCUT2D eigenvalue weighted by Gasteiger charge is -2.28. The minimum atomic E-state index is -3.74. The molecule has 1 aromatic heterocycles. The van der Waals surface area contributed by atoms with Crippen LogP contribution in [0, 0.1) is 0 Å². The van der Waals surface area contributed by atoms with Crippen molar-refractivity contribution in [2.24, 2.45) is 0 Å². The van der Waals surface area contributed by atoms with Crippen molar-refractivity contribution < 1.29 is 27.6 Å². The first-order valence-corrected chi connectivity index (χ1v) is 10.4. The van der Waals surface area contributed by atoms with Gasteiger partial charge in [0.15, 0.2) is 9.84 Å². The zero-order valence-electron chi connectivity index (χ0n) is 15.7. The monoisotopic (exact) mass is 388 g/mol. The number of nitrogens with zero attached hydrogens (tertiary/aromatic N) is 1. The summed E-state index contributed by atoms with van der Waals surface area (Å²) in [7, 11) is -3.74. The Labute approximate surface area is 154 Å². The number of aromatic nitrogens is 1. The topological polar surface area (TPSA) is 119 Å². The average Bonchev–Trinajstić information content (AvgIpc) is 3.04. The maximum absolute atomic E-state index is 12.7.